The average molecular weight is 365 g/mol. The zero-order valence-corrected chi connectivity index (χ0v) is 13.6. The molecule has 5 nitrogen and oxygen atoms in total. The van der Waals surface area contributed by atoms with Crippen LogP contribution in [0.1, 0.15) is 33.2 Å². The molecule has 2 rings (SSSR count). The molecule has 26 heavy (non-hydrogen) atoms. The Balaban J connectivity index is 1.92. The first-order valence-corrected chi connectivity index (χ1v) is 7.42. The van der Waals surface area contributed by atoms with Gasteiger partial charge in [-0.25, -0.2) is 4.79 Å². The van der Waals surface area contributed by atoms with Gasteiger partial charge in [0.15, 0.2) is 12.4 Å². The van der Waals surface area contributed by atoms with Gasteiger partial charge in [0.25, 0.3) is 5.91 Å². The third-order valence-corrected chi connectivity index (χ3v) is 3.34. The number of ether oxygens (including phenoxy) is 1. The summed E-state index contributed by atoms with van der Waals surface area (Å²) in [6.07, 6.45) is -4.58. The number of benzene rings is 2. The molecule has 0 saturated heterocycles. The van der Waals surface area contributed by atoms with E-state index in [1.165, 1.54) is 31.2 Å². The first-order chi connectivity index (χ1) is 12.2. The number of rotatable bonds is 5. The van der Waals surface area contributed by atoms with E-state index in [-0.39, 0.29) is 11.3 Å². The molecule has 8 heteroatoms. The molecule has 0 saturated carbocycles. The van der Waals surface area contributed by atoms with Gasteiger partial charge in [0, 0.05) is 11.3 Å². The second-order valence-corrected chi connectivity index (χ2v) is 5.34. The fourth-order valence-corrected chi connectivity index (χ4v) is 2.02. The summed E-state index contributed by atoms with van der Waals surface area (Å²) in [6, 6.07) is 9.77. The monoisotopic (exact) mass is 365 g/mol. The van der Waals surface area contributed by atoms with Crippen LogP contribution < -0.4 is 5.32 Å². The van der Waals surface area contributed by atoms with E-state index < -0.39 is 30.2 Å². The van der Waals surface area contributed by atoms with Crippen LogP contribution in [0.15, 0.2) is 48.5 Å². The number of Topliss-reactive ketones (excluding diaryl/α,β-unsaturated/α-hetero) is 1. The SMILES string of the molecule is CC(=O)c1ccc(NC(=O)COC(=O)c2cccc(C(F)(F)F)c2)cc1. The zero-order valence-electron chi connectivity index (χ0n) is 13.6. The molecular formula is C18H14F3NO4. The summed E-state index contributed by atoms with van der Waals surface area (Å²) in [5.41, 5.74) is -0.436. The molecule has 0 atom stereocenters. The number of amides is 1. The van der Waals surface area contributed by atoms with Gasteiger partial charge in [-0.05, 0) is 49.4 Å². The van der Waals surface area contributed by atoms with Crippen molar-refractivity contribution >= 4 is 23.3 Å². The summed E-state index contributed by atoms with van der Waals surface area (Å²) in [5.74, 6) is -1.84. The minimum Gasteiger partial charge on any atom is -0.452 e. The van der Waals surface area contributed by atoms with Gasteiger partial charge in [-0.15, -0.1) is 0 Å². The zero-order chi connectivity index (χ0) is 19.3. The Morgan fingerprint density at radius 1 is 1.00 bits per heavy atom. The number of carbonyl (C=O) groups is 3. The van der Waals surface area contributed by atoms with Crippen LogP contribution in [-0.4, -0.2) is 24.3 Å². The second-order valence-electron chi connectivity index (χ2n) is 5.34. The number of carbonyl (C=O) groups excluding carboxylic acids is 3. The van der Waals surface area contributed by atoms with Crippen molar-refractivity contribution in [3.8, 4) is 0 Å². The van der Waals surface area contributed by atoms with Crippen LogP contribution in [0, 0.1) is 0 Å². The average Bonchev–Trinajstić information content (AvgIpc) is 2.59. The molecule has 0 aliphatic heterocycles. The lowest BCUT2D eigenvalue weighted by Crippen LogP contribution is -2.21. The molecule has 1 amide bonds. The van der Waals surface area contributed by atoms with Gasteiger partial charge in [0.2, 0.25) is 0 Å². The minimum absolute atomic E-state index is 0.127. The van der Waals surface area contributed by atoms with Gasteiger partial charge in [-0.2, -0.15) is 13.2 Å². The molecule has 0 fully saturated rings. The quantitative estimate of drug-likeness (QED) is 0.648. The summed E-state index contributed by atoms with van der Waals surface area (Å²) >= 11 is 0. The molecule has 2 aromatic carbocycles. The molecule has 0 bridgehead atoms. The predicted molar refractivity (Wildman–Crippen MR) is 86.8 cm³/mol. The lowest BCUT2D eigenvalue weighted by Gasteiger charge is -2.09. The number of hydrogen-bond donors (Lipinski definition) is 1. The predicted octanol–water partition coefficient (Wildman–Crippen LogP) is 3.70. The van der Waals surface area contributed by atoms with Crippen LogP contribution in [0.2, 0.25) is 0 Å². The van der Waals surface area contributed by atoms with Gasteiger partial charge >= 0.3 is 12.1 Å². The Kier molecular flexibility index (Phi) is 5.76. The number of alkyl halides is 3. The van der Waals surface area contributed by atoms with Crippen molar-refractivity contribution in [3.63, 3.8) is 0 Å². The molecule has 0 aliphatic rings. The van der Waals surface area contributed by atoms with Gasteiger partial charge in [0.05, 0.1) is 11.1 Å². The number of halogens is 3. The molecule has 0 radical (unpaired) electrons. The molecule has 0 heterocycles. The maximum absolute atomic E-state index is 12.6. The topological polar surface area (TPSA) is 72.5 Å². The van der Waals surface area contributed by atoms with Crippen LogP contribution in [-0.2, 0) is 15.7 Å². The molecule has 2 aromatic rings. The van der Waals surface area contributed by atoms with Crippen molar-refractivity contribution in [2.45, 2.75) is 13.1 Å². The van der Waals surface area contributed by atoms with Crippen molar-refractivity contribution in [2.24, 2.45) is 0 Å². The van der Waals surface area contributed by atoms with E-state index in [1.807, 2.05) is 0 Å². The molecule has 0 aliphatic carbocycles. The van der Waals surface area contributed by atoms with Crippen LogP contribution in [0.4, 0.5) is 18.9 Å². The van der Waals surface area contributed by atoms with E-state index in [1.54, 1.807) is 0 Å². The second kappa shape index (κ2) is 7.81. The summed E-state index contributed by atoms with van der Waals surface area (Å²) in [5, 5.41) is 2.44. The molecular weight excluding hydrogens is 351 g/mol. The van der Waals surface area contributed by atoms with Gasteiger partial charge < -0.3 is 10.1 Å². The Hall–Kier alpha value is -3.16. The Labute approximate surface area is 146 Å². The van der Waals surface area contributed by atoms with E-state index in [4.69, 9.17) is 4.74 Å². The van der Waals surface area contributed by atoms with E-state index in [0.29, 0.717) is 17.3 Å². The maximum atomic E-state index is 12.6. The number of hydrogen-bond acceptors (Lipinski definition) is 4. The van der Waals surface area contributed by atoms with Crippen LogP contribution in [0.3, 0.4) is 0 Å². The van der Waals surface area contributed by atoms with Crippen molar-refractivity contribution in [3.05, 3.63) is 65.2 Å². The van der Waals surface area contributed by atoms with Crippen molar-refractivity contribution in [1.29, 1.82) is 0 Å². The summed E-state index contributed by atoms with van der Waals surface area (Å²) in [7, 11) is 0. The van der Waals surface area contributed by atoms with Crippen LogP contribution >= 0.6 is 0 Å². The van der Waals surface area contributed by atoms with Crippen LogP contribution in [0.25, 0.3) is 0 Å². The van der Waals surface area contributed by atoms with Crippen molar-refractivity contribution in [2.75, 3.05) is 11.9 Å². The lowest BCUT2D eigenvalue weighted by molar-refractivity contribution is -0.137. The third-order valence-electron chi connectivity index (χ3n) is 3.34. The molecule has 0 aromatic heterocycles. The highest BCUT2D eigenvalue weighted by molar-refractivity contribution is 5.97. The van der Waals surface area contributed by atoms with Crippen molar-refractivity contribution < 1.29 is 32.3 Å². The van der Waals surface area contributed by atoms with E-state index in [2.05, 4.69) is 5.32 Å². The van der Waals surface area contributed by atoms with Crippen molar-refractivity contribution in [1.82, 2.24) is 0 Å². The standard InChI is InChI=1S/C18H14F3NO4/c1-11(23)12-5-7-15(8-6-12)22-16(24)10-26-17(25)13-3-2-4-14(9-13)18(19,20)21/h2-9H,10H2,1H3,(H,22,24). The highest BCUT2D eigenvalue weighted by Gasteiger charge is 2.31. The first-order valence-electron chi connectivity index (χ1n) is 7.42. The normalized spacial score (nSPS) is 10.9. The van der Waals surface area contributed by atoms with Crippen LogP contribution in [0.5, 0.6) is 0 Å². The third kappa shape index (κ3) is 5.17. The lowest BCUT2D eigenvalue weighted by atomic mass is 10.1. The highest BCUT2D eigenvalue weighted by Crippen LogP contribution is 2.29. The Morgan fingerprint density at radius 3 is 2.23 bits per heavy atom. The van der Waals surface area contributed by atoms with Gasteiger partial charge in [-0.1, -0.05) is 6.07 Å². The molecule has 1 N–H and O–H groups in total. The van der Waals surface area contributed by atoms with Gasteiger partial charge in [-0.3, -0.25) is 9.59 Å². The fraction of sp³-hybridized carbons (Fsp3) is 0.167. The summed E-state index contributed by atoms with van der Waals surface area (Å²) < 4.78 is 42.6. The number of esters is 1. The molecule has 136 valence electrons. The Morgan fingerprint density at radius 2 is 1.65 bits per heavy atom. The number of ketones is 1. The van der Waals surface area contributed by atoms with E-state index in [0.717, 1.165) is 18.2 Å². The minimum atomic E-state index is -4.58. The molecule has 0 spiro atoms. The number of nitrogens with one attached hydrogen (secondary N) is 1. The number of anilines is 1. The largest absolute Gasteiger partial charge is 0.452 e. The highest BCUT2D eigenvalue weighted by atomic mass is 19.4. The van der Waals surface area contributed by atoms with Gasteiger partial charge in [0.1, 0.15) is 0 Å². The van der Waals surface area contributed by atoms with E-state index >= 15 is 0 Å². The smallest absolute Gasteiger partial charge is 0.416 e. The van der Waals surface area contributed by atoms with E-state index in [9.17, 15) is 27.6 Å². The summed E-state index contributed by atoms with van der Waals surface area (Å²) in [4.78, 5) is 34.7. The maximum Gasteiger partial charge on any atom is 0.416 e. The molecule has 0 unspecified atom stereocenters. The first kappa shape index (κ1) is 19.2. The Bertz CT molecular complexity index is 829. The summed E-state index contributed by atoms with van der Waals surface area (Å²) in [6.45, 7) is 0.740. The fourth-order valence-electron chi connectivity index (χ4n) is 2.02.